The second kappa shape index (κ2) is 9.96. The van der Waals surface area contributed by atoms with Crippen molar-refractivity contribution < 1.29 is 8.83 Å². The lowest BCUT2D eigenvalue weighted by atomic mass is 9.87. The van der Waals surface area contributed by atoms with Crippen molar-refractivity contribution in [2.45, 2.75) is 0 Å². The van der Waals surface area contributed by atoms with Crippen LogP contribution in [0.4, 0.5) is 0 Å². The van der Waals surface area contributed by atoms with E-state index in [1.807, 2.05) is 18.2 Å². The van der Waals surface area contributed by atoms with Gasteiger partial charge >= 0.3 is 0 Å². The summed E-state index contributed by atoms with van der Waals surface area (Å²) in [5.41, 5.74) is 9.67. The van der Waals surface area contributed by atoms with Gasteiger partial charge in [-0.25, -0.2) is 0 Å². The molecule has 0 aliphatic heterocycles. The van der Waals surface area contributed by atoms with E-state index in [4.69, 9.17) is 8.83 Å². The first-order valence-electron chi connectivity index (χ1n) is 16.7. The maximum absolute atomic E-state index is 6.75. The van der Waals surface area contributed by atoms with Crippen LogP contribution in [0.1, 0.15) is 0 Å². The predicted octanol–water partition coefficient (Wildman–Crippen LogP) is 13.1. The third kappa shape index (κ3) is 3.78. The Hall–Kier alpha value is -6.58. The second-order valence-electron chi connectivity index (χ2n) is 12.9. The van der Waals surface area contributed by atoms with Crippen LogP contribution in [-0.2, 0) is 0 Å². The third-order valence-electron chi connectivity index (χ3n) is 10.2. The summed E-state index contributed by atoms with van der Waals surface area (Å²) in [7, 11) is 0. The molecule has 49 heavy (non-hydrogen) atoms. The lowest BCUT2D eigenvalue weighted by Gasteiger charge is -2.17. The number of rotatable bonds is 3. The Kier molecular flexibility index (Phi) is 5.38. The molecule has 0 fully saturated rings. The molecule has 0 bridgehead atoms. The Bertz CT molecular complexity index is 3050. The Morgan fingerprint density at radius 3 is 1.71 bits per heavy atom. The van der Waals surface area contributed by atoms with Crippen LogP contribution in [0.15, 0.2) is 173 Å². The van der Waals surface area contributed by atoms with Gasteiger partial charge in [-0.1, -0.05) is 115 Å². The minimum atomic E-state index is 0.852. The van der Waals surface area contributed by atoms with Crippen LogP contribution in [0.2, 0.25) is 0 Å². The number of hydrogen-bond acceptors (Lipinski definition) is 2. The lowest BCUT2D eigenvalue weighted by Crippen LogP contribution is -1.94. The topological polar surface area (TPSA) is 31.2 Å². The average Bonchev–Trinajstić information content (AvgIpc) is 3.83. The van der Waals surface area contributed by atoms with Gasteiger partial charge < -0.3 is 13.4 Å². The van der Waals surface area contributed by atoms with Crippen molar-refractivity contribution in [3.63, 3.8) is 0 Å². The van der Waals surface area contributed by atoms with E-state index >= 15 is 0 Å². The predicted molar refractivity (Wildman–Crippen MR) is 204 cm³/mol. The van der Waals surface area contributed by atoms with Gasteiger partial charge in [0.15, 0.2) is 0 Å². The largest absolute Gasteiger partial charge is 0.456 e. The van der Waals surface area contributed by atoms with E-state index < -0.39 is 0 Å². The van der Waals surface area contributed by atoms with Crippen LogP contribution in [0.25, 0.3) is 104 Å². The number of benzene rings is 8. The van der Waals surface area contributed by atoms with Crippen LogP contribution < -0.4 is 0 Å². The zero-order valence-corrected chi connectivity index (χ0v) is 26.4. The van der Waals surface area contributed by atoms with Crippen molar-refractivity contribution in [1.82, 2.24) is 4.57 Å². The molecule has 0 aliphatic rings. The molecule has 228 valence electrons. The van der Waals surface area contributed by atoms with Crippen molar-refractivity contribution in [2.75, 3.05) is 0 Å². The number of fused-ring (bicyclic) bond motifs is 9. The summed E-state index contributed by atoms with van der Waals surface area (Å²) < 4.78 is 15.4. The van der Waals surface area contributed by atoms with Crippen molar-refractivity contribution in [1.29, 1.82) is 0 Å². The van der Waals surface area contributed by atoms with Crippen LogP contribution in [0.5, 0.6) is 0 Å². The van der Waals surface area contributed by atoms with Crippen LogP contribution in [0, 0.1) is 0 Å². The zero-order valence-electron chi connectivity index (χ0n) is 26.4. The van der Waals surface area contributed by atoms with E-state index in [1.165, 1.54) is 43.7 Å². The van der Waals surface area contributed by atoms with Gasteiger partial charge in [0.2, 0.25) is 0 Å². The summed E-state index contributed by atoms with van der Waals surface area (Å²) in [6, 6.07) is 58.4. The van der Waals surface area contributed by atoms with Crippen molar-refractivity contribution in [2.24, 2.45) is 0 Å². The quantitative estimate of drug-likeness (QED) is 0.183. The first-order valence-corrected chi connectivity index (χ1v) is 16.7. The van der Waals surface area contributed by atoms with E-state index in [0.29, 0.717) is 0 Å². The van der Waals surface area contributed by atoms with Crippen LogP contribution in [-0.4, -0.2) is 4.57 Å². The highest BCUT2D eigenvalue weighted by Gasteiger charge is 2.21. The van der Waals surface area contributed by atoms with Crippen molar-refractivity contribution in [3.8, 4) is 28.1 Å². The van der Waals surface area contributed by atoms with Gasteiger partial charge in [-0.3, -0.25) is 0 Å². The Labute approximate surface area is 280 Å². The molecular formula is C46H27NO2. The number of para-hydroxylation sites is 3. The molecular weight excluding hydrogens is 599 g/mol. The summed E-state index contributed by atoms with van der Waals surface area (Å²) in [6.45, 7) is 0. The molecule has 3 heteroatoms. The maximum atomic E-state index is 6.75. The highest BCUT2D eigenvalue weighted by Crippen LogP contribution is 2.46. The van der Waals surface area contributed by atoms with Gasteiger partial charge in [0.25, 0.3) is 0 Å². The van der Waals surface area contributed by atoms with E-state index in [1.54, 1.807) is 0 Å². The van der Waals surface area contributed by atoms with Crippen molar-refractivity contribution >= 4 is 76.3 Å². The van der Waals surface area contributed by atoms with Gasteiger partial charge in [0, 0.05) is 38.2 Å². The molecule has 0 N–H and O–H groups in total. The first-order chi connectivity index (χ1) is 24.3. The Morgan fingerprint density at radius 1 is 0.347 bits per heavy atom. The molecule has 0 aliphatic carbocycles. The fourth-order valence-electron chi connectivity index (χ4n) is 8.07. The molecule has 3 aromatic heterocycles. The second-order valence-corrected chi connectivity index (χ2v) is 12.9. The van der Waals surface area contributed by atoms with Crippen LogP contribution >= 0.6 is 0 Å². The van der Waals surface area contributed by atoms with E-state index in [-0.39, 0.29) is 0 Å². The van der Waals surface area contributed by atoms with Gasteiger partial charge in [0.1, 0.15) is 22.5 Å². The average molecular weight is 626 g/mol. The standard InChI is InChI=1S/C46H27NO2/c1-2-12-30(13-3-1)47-39-20-10-8-14-31(39)32-23-22-28(24-40(32)47)45-34-16-4-6-18-36(34)46(37-19-7-5-17-35(37)45)44-26-29-25-43-38(27-42(29)49-44)33-15-9-11-21-41(33)48-43/h1-27H. The van der Waals surface area contributed by atoms with E-state index in [9.17, 15) is 0 Å². The van der Waals surface area contributed by atoms with Crippen molar-refractivity contribution in [3.05, 3.63) is 164 Å². The summed E-state index contributed by atoms with van der Waals surface area (Å²) in [5, 5.41) is 10.4. The molecule has 0 saturated heterocycles. The molecule has 0 amide bonds. The molecule has 3 heterocycles. The SMILES string of the molecule is c1ccc(-n2c3ccccc3c3ccc(-c4c5ccccc5c(-c5cc6cc7oc8ccccc8c7cc6o5)c5ccccc45)cc32)cc1. The number of nitrogens with zero attached hydrogens (tertiary/aromatic N) is 1. The third-order valence-corrected chi connectivity index (χ3v) is 10.2. The molecule has 11 rings (SSSR count). The van der Waals surface area contributed by atoms with Gasteiger partial charge in [-0.15, -0.1) is 0 Å². The highest BCUT2D eigenvalue weighted by atomic mass is 16.3. The molecule has 0 radical (unpaired) electrons. The molecule has 8 aromatic carbocycles. The number of hydrogen-bond donors (Lipinski definition) is 0. The molecule has 0 unspecified atom stereocenters. The first kappa shape index (κ1) is 26.5. The highest BCUT2D eigenvalue weighted by molar-refractivity contribution is 6.22. The normalized spacial score (nSPS) is 12.1. The Morgan fingerprint density at radius 2 is 0.959 bits per heavy atom. The number of aromatic nitrogens is 1. The number of furan rings is 2. The van der Waals surface area contributed by atoms with Gasteiger partial charge in [-0.05, 0) is 81.2 Å². The fraction of sp³-hybridized carbons (Fsp3) is 0. The minimum absolute atomic E-state index is 0.852. The zero-order chi connectivity index (χ0) is 32.1. The molecule has 0 spiro atoms. The molecule has 11 aromatic rings. The summed E-state index contributed by atoms with van der Waals surface area (Å²) in [6.07, 6.45) is 0. The maximum Gasteiger partial charge on any atom is 0.136 e. The molecule has 3 nitrogen and oxygen atoms in total. The molecule has 0 saturated carbocycles. The van der Waals surface area contributed by atoms with Crippen LogP contribution in [0.3, 0.4) is 0 Å². The minimum Gasteiger partial charge on any atom is -0.456 e. The van der Waals surface area contributed by atoms with E-state index in [2.05, 4.69) is 150 Å². The lowest BCUT2D eigenvalue weighted by molar-refractivity contribution is 0.633. The summed E-state index contributed by atoms with van der Waals surface area (Å²) in [5.74, 6) is 0.852. The summed E-state index contributed by atoms with van der Waals surface area (Å²) in [4.78, 5) is 0. The van der Waals surface area contributed by atoms with E-state index in [0.717, 1.165) is 60.7 Å². The Balaban J connectivity index is 1.19. The monoisotopic (exact) mass is 625 g/mol. The van der Waals surface area contributed by atoms with Gasteiger partial charge in [-0.2, -0.15) is 0 Å². The molecule has 0 atom stereocenters. The fourth-order valence-corrected chi connectivity index (χ4v) is 8.07. The summed E-state index contributed by atoms with van der Waals surface area (Å²) >= 11 is 0. The smallest absolute Gasteiger partial charge is 0.136 e. The van der Waals surface area contributed by atoms with Gasteiger partial charge in [0.05, 0.1) is 11.0 Å².